The van der Waals surface area contributed by atoms with Crippen molar-refractivity contribution in [3.8, 4) is 11.5 Å². The Hall–Kier alpha value is -1.82. The van der Waals surface area contributed by atoms with Gasteiger partial charge in [0.15, 0.2) is 0 Å². The van der Waals surface area contributed by atoms with E-state index in [1.54, 1.807) is 0 Å². The third kappa shape index (κ3) is 5.08. The zero-order valence-corrected chi connectivity index (χ0v) is 15.6. The fraction of sp³-hybridized carbons (Fsp3) is 0.526. The number of carbonyl (C=O) groups excluding carboxylic acids is 1. The lowest BCUT2D eigenvalue weighted by molar-refractivity contribution is -0.120. The highest BCUT2D eigenvalue weighted by Crippen LogP contribution is 2.27. The van der Waals surface area contributed by atoms with Crippen LogP contribution in [-0.4, -0.2) is 27.9 Å². The summed E-state index contributed by atoms with van der Waals surface area (Å²) in [6, 6.07) is 7.93. The van der Waals surface area contributed by atoms with Gasteiger partial charge in [-0.25, -0.2) is 0 Å². The van der Waals surface area contributed by atoms with E-state index < -0.39 is 0 Å². The minimum absolute atomic E-state index is 0.0330. The van der Waals surface area contributed by atoms with Crippen LogP contribution in [-0.2, 0) is 4.79 Å². The minimum Gasteiger partial charge on any atom is -0.411 e. The number of aromatic nitrogens is 2. The Morgan fingerprint density at radius 2 is 1.96 bits per heavy atom. The first kappa shape index (κ1) is 18.0. The summed E-state index contributed by atoms with van der Waals surface area (Å²) in [4.78, 5) is 12.3. The molecule has 1 saturated carbocycles. The third-order valence-electron chi connectivity index (χ3n) is 4.64. The molecule has 5 nitrogen and oxygen atoms in total. The van der Waals surface area contributed by atoms with Gasteiger partial charge >= 0.3 is 0 Å². The van der Waals surface area contributed by atoms with Crippen LogP contribution in [0.3, 0.4) is 0 Å². The van der Waals surface area contributed by atoms with E-state index >= 15 is 0 Å². The third-order valence-corrected chi connectivity index (χ3v) is 5.58. The lowest BCUT2D eigenvalue weighted by atomic mass is 9.89. The molecule has 1 fully saturated rings. The molecule has 1 amide bonds. The summed E-state index contributed by atoms with van der Waals surface area (Å²) in [6.45, 7) is 4.69. The Morgan fingerprint density at radius 3 is 2.68 bits per heavy atom. The summed E-state index contributed by atoms with van der Waals surface area (Å²) < 4.78 is 5.69. The number of hydrogen-bond acceptors (Lipinski definition) is 5. The molecule has 1 aromatic carbocycles. The van der Waals surface area contributed by atoms with Gasteiger partial charge < -0.3 is 9.73 Å². The second-order valence-corrected chi connectivity index (χ2v) is 8.04. The molecule has 2 aromatic rings. The van der Waals surface area contributed by atoms with Gasteiger partial charge in [0.2, 0.25) is 11.8 Å². The van der Waals surface area contributed by atoms with Crippen molar-refractivity contribution in [1.82, 2.24) is 15.5 Å². The van der Waals surface area contributed by atoms with Gasteiger partial charge in [-0.05, 0) is 44.7 Å². The molecule has 0 saturated heterocycles. The first-order valence-corrected chi connectivity index (χ1v) is 9.84. The maximum absolute atomic E-state index is 12.3. The standard InChI is InChI=1S/C19H25N3O2S/c1-13-8-10-16(11-9-13)18-21-22-19(24-18)25-14(2)17(23)20-12-15-6-4-3-5-7-15/h8-11,14-15H,3-7,12H2,1-2H3,(H,20,23). The van der Waals surface area contributed by atoms with Crippen molar-refractivity contribution in [2.75, 3.05) is 6.54 Å². The van der Waals surface area contributed by atoms with Crippen LogP contribution >= 0.6 is 11.8 Å². The van der Waals surface area contributed by atoms with E-state index in [1.807, 2.05) is 38.1 Å². The molecule has 1 N–H and O–H groups in total. The predicted octanol–water partition coefficient (Wildman–Crippen LogP) is 4.22. The summed E-state index contributed by atoms with van der Waals surface area (Å²) in [5, 5.41) is 11.4. The van der Waals surface area contributed by atoms with Crippen LogP contribution < -0.4 is 5.32 Å². The van der Waals surface area contributed by atoms with Crippen molar-refractivity contribution >= 4 is 17.7 Å². The molecule has 0 aliphatic heterocycles. The number of aryl methyl sites for hydroxylation is 1. The molecule has 1 heterocycles. The number of nitrogens with one attached hydrogen (secondary N) is 1. The van der Waals surface area contributed by atoms with Gasteiger partial charge in [0.1, 0.15) is 0 Å². The van der Waals surface area contributed by atoms with Crippen molar-refractivity contribution in [2.24, 2.45) is 5.92 Å². The van der Waals surface area contributed by atoms with E-state index in [4.69, 9.17) is 4.42 Å². The monoisotopic (exact) mass is 359 g/mol. The quantitative estimate of drug-likeness (QED) is 0.782. The van der Waals surface area contributed by atoms with Gasteiger partial charge in [-0.3, -0.25) is 4.79 Å². The lowest BCUT2D eigenvalue weighted by Gasteiger charge is -2.22. The van der Waals surface area contributed by atoms with E-state index in [2.05, 4.69) is 15.5 Å². The molecule has 0 bridgehead atoms. The molecule has 1 aromatic heterocycles. The molecule has 0 spiro atoms. The Kier molecular flexibility index (Phi) is 6.13. The Bertz CT molecular complexity index is 693. The molecule has 3 rings (SSSR count). The molecule has 134 valence electrons. The fourth-order valence-electron chi connectivity index (χ4n) is 3.05. The van der Waals surface area contributed by atoms with Gasteiger partial charge in [-0.15, -0.1) is 10.2 Å². The Labute approximate surface area is 153 Å². The summed E-state index contributed by atoms with van der Waals surface area (Å²) >= 11 is 1.30. The number of benzene rings is 1. The largest absolute Gasteiger partial charge is 0.411 e. The summed E-state index contributed by atoms with van der Waals surface area (Å²) in [7, 11) is 0. The zero-order chi connectivity index (χ0) is 17.6. The van der Waals surface area contributed by atoms with E-state index in [0.717, 1.165) is 12.1 Å². The molecular formula is C19H25N3O2S. The number of nitrogens with zero attached hydrogens (tertiary/aromatic N) is 2. The molecule has 1 aliphatic carbocycles. The highest BCUT2D eigenvalue weighted by molar-refractivity contribution is 8.00. The van der Waals surface area contributed by atoms with Crippen molar-refractivity contribution in [2.45, 2.75) is 56.4 Å². The highest BCUT2D eigenvalue weighted by atomic mass is 32.2. The maximum Gasteiger partial charge on any atom is 0.277 e. The van der Waals surface area contributed by atoms with Crippen LogP contribution in [0.4, 0.5) is 0 Å². The molecule has 1 unspecified atom stereocenters. The van der Waals surface area contributed by atoms with Gasteiger partial charge in [-0.2, -0.15) is 0 Å². The first-order chi connectivity index (χ1) is 12.1. The van der Waals surface area contributed by atoms with Crippen molar-refractivity contribution < 1.29 is 9.21 Å². The van der Waals surface area contributed by atoms with Crippen LogP contribution in [0.1, 0.15) is 44.6 Å². The molecular weight excluding hydrogens is 334 g/mol. The molecule has 1 aliphatic rings. The molecule has 25 heavy (non-hydrogen) atoms. The van der Waals surface area contributed by atoms with E-state index in [1.165, 1.54) is 49.4 Å². The number of rotatable bonds is 6. The normalized spacial score (nSPS) is 16.6. The Morgan fingerprint density at radius 1 is 1.24 bits per heavy atom. The first-order valence-electron chi connectivity index (χ1n) is 8.97. The summed E-state index contributed by atoms with van der Waals surface area (Å²) in [6.07, 6.45) is 6.36. The Balaban J connectivity index is 1.51. The van der Waals surface area contributed by atoms with Crippen molar-refractivity contribution in [3.63, 3.8) is 0 Å². The topological polar surface area (TPSA) is 68.0 Å². The second-order valence-electron chi connectivity index (χ2n) is 6.75. The van der Waals surface area contributed by atoms with E-state index in [0.29, 0.717) is 17.0 Å². The van der Waals surface area contributed by atoms with Crippen molar-refractivity contribution in [3.05, 3.63) is 29.8 Å². The van der Waals surface area contributed by atoms with Gasteiger partial charge in [0.05, 0.1) is 5.25 Å². The number of carbonyl (C=O) groups is 1. The fourth-order valence-corrected chi connectivity index (χ4v) is 3.76. The maximum atomic E-state index is 12.3. The SMILES string of the molecule is Cc1ccc(-c2nnc(SC(C)C(=O)NCC3CCCCC3)o2)cc1. The van der Waals surface area contributed by atoms with Crippen LogP contribution in [0.5, 0.6) is 0 Å². The summed E-state index contributed by atoms with van der Waals surface area (Å²) in [5.74, 6) is 1.15. The number of amides is 1. The minimum atomic E-state index is -0.255. The average Bonchev–Trinajstić information content (AvgIpc) is 3.09. The molecule has 0 radical (unpaired) electrons. The predicted molar refractivity (Wildman–Crippen MR) is 99.4 cm³/mol. The van der Waals surface area contributed by atoms with Gasteiger partial charge in [-0.1, -0.05) is 48.7 Å². The van der Waals surface area contributed by atoms with Gasteiger partial charge in [0, 0.05) is 12.1 Å². The summed E-state index contributed by atoms with van der Waals surface area (Å²) in [5.41, 5.74) is 2.07. The van der Waals surface area contributed by atoms with E-state index in [9.17, 15) is 4.79 Å². The molecule has 6 heteroatoms. The van der Waals surface area contributed by atoms with Crippen LogP contribution in [0, 0.1) is 12.8 Å². The molecule has 1 atom stereocenters. The van der Waals surface area contributed by atoms with E-state index in [-0.39, 0.29) is 11.2 Å². The van der Waals surface area contributed by atoms with Crippen LogP contribution in [0.25, 0.3) is 11.5 Å². The number of hydrogen-bond donors (Lipinski definition) is 1. The lowest BCUT2D eigenvalue weighted by Crippen LogP contribution is -2.35. The van der Waals surface area contributed by atoms with Crippen molar-refractivity contribution in [1.29, 1.82) is 0 Å². The smallest absolute Gasteiger partial charge is 0.277 e. The average molecular weight is 359 g/mol. The van der Waals surface area contributed by atoms with Crippen LogP contribution in [0.2, 0.25) is 0 Å². The zero-order valence-electron chi connectivity index (χ0n) is 14.8. The van der Waals surface area contributed by atoms with Crippen LogP contribution in [0.15, 0.2) is 33.9 Å². The number of thioether (sulfide) groups is 1. The highest BCUT2D eigenvalue weighted by Gasteiger charge is 2.20. The second kappa shape index (κ2) is 8.52. The van der Waals surface area contributed by atoms with Gasteiger partial charge in [0.25, 0.3) is 5.22 Å².